The van der Waals surface area contributed by atoms with Gasteiger partial charge in [0, 0.05) is 10.7 Å². The Morgan fingerprint density at radius 1 is 1.17 bits per heavy atom. The predicted octanol–water partition coefficient (Wildman–Crippen LogP) is 4.33. The van der Waals surface area contributed by atoms with Crippen LogP contribution >= 0.6 is 11.6 Å². The Morgan fingerprint density at radius 3 is 2.56 bits per heavy atom. The van der Waals surface area contributed by atoms with Gasteiger partial charge in [-0.1, -0.05) is 48.0 Å². The molecule has 90 valence electrons. The molecule has 0 amide bonds. The summed E-state index contributed by atoms with van der Waals surface area (Å²) >= 11 is 5.97. The van der Waals surface area contributed by atoms with E-state index >= 15 is 0 Å². The van der Waals surface area contributed by atoms with E-state index in [9.17, 15) is 5.26 Å². The van der Waals surface area contributed by atoms with Crippen molar-refractivity contribution < 1.29 is 0 Å². The van der Waals surface area contributed by atoms with Gasteiger partial charge in [0.2, 0.25) is 0 Å². The first-order chi connectivity index (χ1) is 8.70. The zero-order chi connectivity index (χ0) is 13.0. The van der Waals surface area contributed by atoms with Crippen molar-refractivity contribution in [2.75, 3.05) is 5.32 Å². The zero-order valence-corrected chi connectivity index (χ0v) is 10.8. The van der Waals surface area contributed by atoms with Gasteiger partial charge in [0.1, 0.15) is 6.04 Å². The van der Waals surface area contributed by atoms with Crippen LogP contribution in [0.1, 0.15) is 17.2 Å². The fraction of sp³-hybridized carbons (Fsp3) is 0.133. The van der Waals surface area contributed by atoms with Crippen molar-refractivity contribution in [3.8, 4) is 6.07 Å². The molecular weight excluding hydrogens is 244 g/mol. The molecule has 2 nitrogen and oxygen atoms in total. The smallest absolute Gasteiger partial charge is 0.140 e. The van der Waals surface area contributed by atoms with Gasteiger partial charge < -0.3 is 5.32 Å². The third kappa shape index (κ3) is 2.82. The van der Waals surface area contributed by atoms with Crippen LogP contribution in [0, 0.1) is 18.3 Å². The van der Waals surface area contributed by atoms with Gasteiger partial charge in [0.25, 0.3) is 0 Å². The van der Waals surface area contributed by atoms with E-state index in [2.05, 4.69) is 11.4 Å². The molecule has 1 N–H and O–H groups in total. The Balaban J connectivity index is 2.27. The number of rotatable bonds is 3. The summed E-state index contributed by atoms with van der Waals surface area (Å²) in [6, 6.07) is 17.1. The highest BCUT2D eigenvalue weighted by atomic mass is 35.5. The molecular formula is C15H13ClN2. The van der Waals surface area contributed by atoms with Gasteiger partial charge in [-0.05, 0) is 30.2 Å². The van der Waals surface area contributed by atoms with Crippen LogP contribution in [0.2, 0.25) is 5.02 Å². The number of nitriles is 1. The van der Waals surface area contributed by atoms with Crippen LogP contribution in [0.25, 0.3) is 0 Å². The molecule has 0 aliphatic carbocycles. The molecule has 0 unspecified atom stereocenters. The number of aryl methyl sites for hydroxylation is 1. The maximum Gasteiger partial charge on any atom is 0.140 e. The second-order valence-electron chi connectivity index (χ2n) is 4.08. The quantitative estimate of drug-likeness (QED) is 0.887. The molecule has 0 saturated heterocycles. The lowest BCUT2D eigenvalue weighted by Crippen LogP contribution is -2.09. The van der Waals surface area contributed by atoms with Gasteiger partial charge in [-0.25, -0.2) is 0 Å². The minimum Gasteiger partial charge on any atom is -0.366 e. The lowest BCUT2D eigenvalue weighted by Gasteiger charge is -2.15. The molecule has 0 bridgehead atoms. The fourth-order valence-electron chi connectivity index (χ4n) is 1.74. The number of halogens is 1. The molecule has 0 heterocycles. The molecule has 0 aromatic heterocycles. The lowest BCUT2D eigenvalue weighted by atomic mass is 10.1. The van der Waals surface area contributed by atoms with E-state index in [-0.39, 0.29) is 6.04 Å². The molecule has 0 aliphatic heterocycles. The molecule has 3 heteroatoms. The van der Waals surface area contributed by atoms with Gasteiger partial charge in [-0.2, -0.15) is 5.26 Å². The maximum atomic E-state index is 9.26. The molecule has 0 saturated carbocycles. The number of nitrogens with one attached hydrogen (secondary N) is 1. The molecule has 0 fully saturated rings. The summed E-state index contributed by atoms with van der Waals surface area (Å²) in [6.07, 6.45) is 0. The summed E-state index contributed by atoms with van der Waals surface area (Å²) in [5.74, 6) is 0. The van der Waals surface area contributed by atoms with E-state index in [0.29, 0.717) is 5.02 Å². The standard InChI is InChI=1S/C15H13ClN2/c1-11-7-8-13(16)9-14(11)18-15(10-17)12-5-3-2-4-6-12/h2-9,15,18H,1H3/t15-/m1/s1. The first kappa shape index (κ1) is 12.5. The highest BCUT2D eigenvalue weighted by molar-refractivity contribution is 6.30. The van der Waals surface area contributed by atoms with Crippen molar-refractivity contribution >= 4 is 17.3 Å². The predicted molar refractivity (Wildman–Crippen MR) is 74.6 cm³/mol. The average Bonchev–Trinajstić information content (AvgIpc) is 2.41. The number of anilines is 1. The summed E-state index contributed by atoms with van der Waals surface area (Å²) in [4.78, 5) is 0. The van der Waals surface area contributed by atoms with Crippen molar-refractivity contribution in [1.29, 1.82) is 5.26 Å². The van der Waals surface area contributed by atoms with E-state index in [4.69, 9.17) is 11.6 Å². The van der Waals surface area contributed by atoms with Crippen LogP contribution in [0.5, 0.6) is 0 Å². The topological polar surface area (TPSA) is 35.8 Å². The van der Waals surface area contributed by atoms with E-state index in [0.717, 1.165) is 16.8 Å². The number of hydrogen-bond acceptors (Lipinski definition) is 2. The summed E-state index contributed by atoms with van der Waals surface area (Å²) < 4.78 is 0. The lowest BCUT2D eigenvalue weighted by molar-refractivity contribution is 0.994. The summed E-state index contributed by atoms with van der Waals surface area (Å²) in [5, 5.41) is 13.1. The van der Waals surface area contributed by atoms with E-state index in [1.807, 2.05) is 55.5 Å². The van der Waals surface area contributed by atoms with Gasteiger partial charge >= 0.3 is 0 Å². The largest absolute Gasteiger partial charge is 0.366 e. The molecule has 18 heavy (non-hydrogen) atoms. The molecule has 0 spiro atoms. The Hall–Kier alpha value is -1.98. The number of benzene rings is 2. The molecule has 0 radical (unpaired) electrons. The van der Waals surface area contributed by atoms with Crippen LogP contribution in [-0.4, -0.2) is 0 Å². The summed E-state index contributed by atoms with van der Waals surface area (Å²) in [5.41, 5.74) is 2.90. The third-order valence-corrected chi connectivity index (χ3v) is 3.00. The number of nitrogens with zero attached hydrogens (tertiary/aromatic N) is 1. The molecule has 1 atom stereocenters. The third-order valence-electron chi connectivity index (χ3n) is 2.76. The number of hydrogen-bond donors (Lipinski definition) is 1. The first-order valence-electron chi connectivity index (χ1n) is 5.68. The monoisotopic (exact) mass is 256 g/mol. The van der Waals surface area contributed by atoms with Gasteiger partial charge in [0.05, 0.1) is 6.07 Å². The highest BCUT2D eigenvalue weighted by Crippen LogP contribution is 2.24. The Kier molecular flexibility index (Phi) is 3.86. The van der Waals surface area contributed by atoms with E-state index < -0.39 is 0 Å². The second kappa shape index (κ2) is 5.57. The highest BCUT2D eigenvalue weighted by Gasteiger charge is 2.10. The van der Waals surface area contributed by atoms with Crippen LogP contribution in [0.4, 0.5) is 5.69 Å². The Labute approximate surface area is 112 Å². The van der Waals surface area contributed by atoms with Gasteiger partial charge in [-0.15, -0.1) is 0 Å². The normalized spacial score (nSPS) is 11.6. The average molecular weight is 257 g/mol. The maximum absolute atomic E-state index is 9.26. The van der Waals surface area contributed by atoms with Crippen molar-refractivity contribution in [1.82, 2.24) is 0 Å². The second-order valence-corrected chi connectivity index (χ2v) is 4.51. The summed E-state index contributed by atoms with van der Waals surface area (Å²) in [6.45, 7) is 1.98. The Morgan fingerprint density at radius 2 is 1.89 bits per heavy atom. The van der Waals surface area contributed by atoms with Gasteiger partial charge in [-0.3, -0.25) is 0 Å². The molecule has 0 aliphatic rings. The Bertz CT molecular complexity index is 573. The van der Waals surface area contributed by atoms with Crippen LogP contribution in [0.3, 0.4) is 0 Å². The van der Waals surface area contributed by atoms with Crippen LogP contribution < -0.4 is 5.32 Å². The van der Waals surface area contributed by atoms with Crippen molar-refractivity contribution in [2.24, 2.45) is 0 Å². The van der Waals surface area contributed by atoms with Crippen molar-refractivity contribution in [3.05, 3.63) is 64.7 Å². The van der Waals surface area contributed by atoms with Crippen LogP contribution in [-0.2, 0) is 0 Å². The van der Waals surface area contributed by atoms with Crippen LogP contribution in [0.15, 0.2) is 48.5 Å². The van der Waals surface area contributed by atoms with E-state index in [1.165, 1.54) is 0 Å². The molecule has 2 aromatic rings. The zero-order valence-electron chi connectivity index (χ0n) is 10.0. The molecule has 2 aromatic carbocycles. The minimum absolute atomic E-state index is 0.372. The first-order valence-corrected chi connectivity index (χ1v) is 6.06. The fourth-order valence-corrected chi connectivity index (χ4v) is 1.91. The molecule has 2 rings (SSSR count). The van der Waals surface area contributed by atoms with Gasteiger partial charge in [0.15, 0.2) is 0 Å². The SMILES string of the molecule is Cc1ccc(Cl)cc1N[C@H](C#N)c1ccccc1. The minimum atomic E-state index is -0.372. The van der Waals surface area contributed by atoms with Crippen molar-refractivity contribution in [2.45, 2.75) is 13.0 Å². The van der Waals surface area contributed by atoms with E-state index in [1.54, 1.807) is 0 Å². The summed E-state index contributed by atoms with van der Waals surface area (Å²) in [7, 11) is 0. The van der Waals surface area contributed by atoms with Crippen molar-refractivity contribution in [3.63, 3.8) is 0 Å².